The third-order valence-corrected chi connectivity index (χ3v) is 3.96. The second-order valence-corrected chi connectivity index (χ2v) is 5.44. The zero-order valence-electron chi connectivity index (χ0n) is 12.2. The van der Waals surface area contributed by atoms with Crippen LogP contribution in [0.25, 0.3) is 11.1 Å². The van der Waals surface area contributed by atoms with Crippen molar-refractivity contribution in [2.75, 3.05) is 38.1 Å². The molecule has 0 aliphatic carbocycles. The van der Waals surface area contributed by atoms with Gasteiger partial charge in [-0.15, -0.1) is 0 Å². The van der Waals surface area contributed by atoms with Crippen LogP contribution < -0.4 is 4.90 Å². The topological polar surface area (TPSA) is 36.4 Å². The van der Waals surface area contributed by atoms with Gasteiger partial charge in [0, 0.05) is 43.5 Å². The first-order chi connectivity index (χ1) is 10.3. The first kappa shape index (κ1) is 13.8. The molecule has 1 aromatic heterocycles. The van der Waals surface area contributed by atoms with Crippen molar-refractivity contribution in [2.24, 2.45) is 0 Å². The van der Waals surface area contributed by atoms with Crippen molar-refractivity contribution in [1.29, 1.82) is 0 Å². The lowest BCUT2D eigenvalue weighted by Crippen LogP contribution is -2.44. The summed E-state index contributed by atoms with van der Waals surface area (Å²) in [6.45, 7) is 4.21. The molecule has 0 amide bonds. The van der Waals surface area contributed by atoms with Crippen molar-refractivity contribution in [3.05, 3.63) is 48.2 Å². The van der Waals surface area contributed by atoms with Crippen molar-refractivity contribution in [2.45, 2.75) is 0 Å². The first-order valence-electron chi connectivity index (χ1n) is 7.21. The molecule has 0 radical (unpaired) electrons. The van der Waals surface area contributed by atoms with Gasteiger partial charge in [-0.05, 0) is 24.7 Å². The number of aldehydes is 1. The third kappa shape index (κ3) is 3.11. The molecule has 0 unspecified atom stereocenters. The summed E-state index contributed by atoms with van der Waals surface area (Å²) in [6, 6.07) is 11.7. The van der Waals surface area contributed by atoms with Gasteiger partial charge in [0.1, 0.15) is 12.1 Å². The molecule has 1 saturated heterocycles. The molecule has 21 heavy (non-hydrogen) atoms. The summed E-state index contributed by atoms with van der Waals surface area (Å²) < 4.78 is 0. The average molecular weight is 281 g/mol. The van der Waals surface area contributed by atoms with Gasteiger partial charge in [0.15, 0.2) is 0 Å². The van der Waals surface area contributed by atoms with Crippen LogP contribution in [0.3, 0.4) is 0 Å². The van der Waals surface area contributed by atoms with Crippen molar-refractivity contribution >= 4 is 12.1 Å². The van der Waals surface area contributed by atoms with Gasteiger partial charge < -0.3 is 9.80 Å². The lowest BCUT2D eigenvalue weighted by Gasteiger charge is -2.33. The van der Waals surface area contributed by atoms with E-state index in [1.54, 1.807) is 0 Å². The fourth-order valence-electron chi connectivity index (χ4n) is 2.53. The molecule has 0 saturated carbocycles. The Hall–Kier alpha value is -2.20. The highest BCUT2D eigenvalue weighted by Crippen LogP contribution is 2.21. The predicted molar refractivity (Wildman–Crippen MR) is 84.8 cm³/mol. The van der Waals surface area contributed by atoms with E-state index < -0.39 is 0 Å². The van der Waals surface area contributed by atoms with E-state index in [4.69, 9.17) is 0 Å². The third-order valence-electron chi connectivity index (χ3n) is 3.96. The van der Waals surface area contributed by atoms with E-state index in [-0.39, 0.29) is 0 Å². The van der Waals surface area contributed by atoms with Crippen LogP contribution in [0, 0.1) is 0 Å². The molecule has 3 rings (SSSR count). The van der Waals surface area contributed by atoms with Crippen LogP contribution >= 0.6 is 0 Å². The molecule has 0 bridgehead atoms. The fourth-order valence-corrected chi connectivity index (χ4v) is 2.53. The molecule has 108 valence electrons. The number of piperazine rings is 1. The number of rotatable bonds is 3. The normalized spacial score (nSPS) is 16.0. The van der Waals surface area contributed by atoms with Crippen LogP contribution in [0.5, 0.6) is 0 Å². The van der Waals surface area contributed by atoms with E-state index >= 15 is 0 Å². The van der Waals surface area contributed by atoms with Gasteiger partial charge in [-0.25, -0.2) is 4.98 Å². The average Bonchev–Trinajstić information content (AvgIpc) is 2.56. The molecule has 2 heterocycles. The predicted octanol–water partition coefficient (Wildman–Crippen LogP) is 2.31. The van der Waals surface area contributed by atoms with E-state index in [0.29, 0.717) is 5.56 Å². The minimum absolute atomic E-state index is 0.695. The van der Waals surface area contributed by atoms with Gasteiger partial charge >= 0.3 is 0 Å². The molecule has 2 aromatic rings. The molecule has 0 spiro atoms. The number of likely N-dealkylation sites (N-methyl/N-ethyl adjacent to an activating group) is 1. The molecule has 4 nitrogen and oxygen atoms in total. The number of carbonyl (C=O) groups is 1. The second-order valence-electron chi connectivity index (χ2n) is 5.44. The molecule has 1 aliphatic rings. The quantitative estimate of drug-likeness (QED) is 0.809. The monoisotopic (exact) mass is 281 g/mol. The van der Waals surface area contributed by atoms with Crippen molar-refractivity contribution in [1.82, 2.24) is 9.88 Å². The molecular weight excluding hydrogens is 262 g/mol. The molecule has 4 heteroatoms. The molecule has 0 atom stereocenters. The number of hydrogen-bond donors (Lipinski definition) is 0. The molecule has 1 aliphatic heterocycles. The Bertz CT molecular complexity index is 599. The highest BCUT2D eigenvalue weighted by Gasteiger charge is 2.14. The number of aromatic nitrogens is 1. The van der Waals surface area contributed by atoms with Crippen LogP contribution in [-0.4, -0.2) is 49.4 Å². The van der Waals surface area contributed by atoms with E-state index in [1.165, 1.54) is 0 Å². The van der Waals surface area contributed by atoms with Gasteiger partial charge in [0.05, 0.1) is 0 Å². The summed E-state index contributed by atoms with van der Waals surface area (Å²) in [4.78, 5) is 19.9. The molecule has 1 fully saturated rings. The Morgan fingerprint density at radius 3 is 2.19 bits per heavy atom. The Morgan fingerprint density at radius 1 is 0.952 bits per heavy atom. The maximum atomic E-state index is 10.7. The van der Waals surface area contributed by atoms with Crippen LogP contribution in [0.4, 0.5) is 5.82 Å². The van der Waals surface area contributed by atoms with Crippen molar-refractivity contribution in [3.63, 3.8) is 0 Å². The number of anilines is 1. The highest BCUT2D eigenvalue weighted by molar-refractivity contribution is 5.76. The van der Waals surface area contributed by atoms with E-state index in [0.717, 1.165) is 49.4 Å². The van der Waals surface area contributed by atoms with Crippen LogP contribution in [-0.2, 0) is 0 Å². The Kier molecular flexibility index (Phi) is 3.97. The smallest absolute Gasteiger partial charge is 0.150 e. The minimum atomic E-state index is 0.695. The van der Waals surface area contributed by atoms with Gasteiger partial charge in [0.25, 0.3) is 0 Å². The Labute approximate surface area is 125 Å². The summed E-state index contributed by atoms with van der Waals surface area (Å²) in [5, 5.41) is 0. The summed E-state index contributed by atoms with van der Waals surface area (Å²) in [7, 11) is 2.15. The van der Waals surface area contributed by atoms with E-state index in [9.17, 15) is 4.79 Å². The Balaban J connectivity index is 1.75. The number of hydrogen-bond acceptors (Lipinski definition) is 4. The first-order valence-corrected chi connectivity index (χ1v) is 7.21. The lowest BCUT2D eigenvalue weighted by atomic mass is 10.1. The SMILES string of the molecule is CN1CCN(c2ccc(-c3ccc(C=O)cc3)cn2)CC1. The molecular formula is C17H19N3O. The summed E-state index contributed by atoms with van der Waals surface area (Å²) in [5.41, 5.74) is 2.85. The summed E-state index contributed by atoms with van der Waals surface area (Å²) in [5.74, 6) is 1.04. The number of carbonyl (C=O) groups excluding carboxylic acids is 1. The zero-order chi connectivity index (χ0) is 14.7. The number of benzene rings is 1. The van der Waals surface area contributed by atoms with Crippen LogP contribution in [0.1, 0.15) is 10.4 Å². The largest absolute Gasteiger partial charge is 0.354 e. The summed E-state index contributed by atoms with van der Waals surface area (Å²) in [6.07, 6.45) is 2.77. The maximum absolute atomic E-state index is 10.7. The lowest BCUT2D eigenvalue weighted by molar-refractivity contribution is 0.112. The standard InChI is InChI=1S/C17H19N3O/c1-19-8-10-20(11-9-19)17-7-6-16(12-18-17)15-4-2-14(13-21)3-5-15/h2-7,12-13H,8-11H2,1H3. The van der Waals surface area contributed by atoms with E-state index in [2.05, 4.69) is 34.0 Å². The van der Waals surface area contributed by atoms with Gasteiger partial charge in [-0.2, -0.15) is 0 Å². The number of pyridine rings is 1. The van der Waals surface area contributed by atoms with Crippen LogP contribution in [0.2, 0.25) is 0 Å². The van der Waals surface area contributed by atoms with Crippen molar-refractivity contribution < 1.29 is 4.79 Å². The number of nitrogens with zero attached hydrogens (tertiary/aromatic N) is 3. The van der Waals surface area contributed by atoms with Crippen molar-refractivity contribution in [3.8, 4) is 11.1 Å². The second kappa shape index (κ2) is 6.06. The van der Waals surface area contributed by atoms with Gasteiger partial charge in [-0.3, -0.25) is 4.79 Å². The summed E-state index contributed by atoms with van der Waals surface area (Å²) >= 11 is 0. The van der Waals surface area contributed by atoms with Crippen LogP contribution in [0.15, 0.2) is 42.6 Å². The zero-order valence-corrected chi connectivity index (χ0v) is 12.2. The van der Waals surface area contributed by atoms with E-state index in [1.807, 2.05) is 30.5 Å². The Morgan fingerprint density at radius 2 is 1.62 bits per heavy atom. The minimum Gasteiger partial charge on any atom is -0.354 e. The molecule has 0 N–H and O–H groups in total. The molecule has 1 aromatic carbocycles. The highest BCUT2D eigenvalue weighted by atomic mass is 16.1. The fraction of sp³-hybridized carbons (Fsp3) is 0.294. The van der Waals surface area contributed by atoms with Gasteiger partial charge in [-0.1, -0.05) is 24.3 Å². The maximum Gasteiger partial charge on any atom is 0.150 e. The van der Waals surface area contributed by atoms with Gasteiger partial charge in [0.2, 0.25) is 0 Å².